The Morgan fingerprint density at radius 2 is 1.67 bits per heavy atom. The summed E-state index contributed by atoms with van der Waals surface area (Å²) in [5, 5.41) is 14.6. The highest BCUT2D eigenvalue weighted by molar-refractivity contribution is 7.11. The van der Waals surface area contributed by atoms with Crippen LogP contribution in [0.3, 0.4) is 0 Å². The normalized spacial score (nSPS) is 14.0. The summed E-state index contributed by atoms with van der Waals surface area (Å²) in [4.78, 5) is 18.0. The number of amides is 1. The van der Waals surface area contributed by atoms with Crippen LogP contribution in [0.2, 0.25) is 0 Å². The first-order chi connectivity index (χ1) is 15.9. The molecule has 1 heterocycles. The number of hydrogen-bond acceptors (Lipinski definition) is 6. The van der Waals surface area contributed by atoms with Gasteiger partial charge < -0.3 is 20.9 Å². The van der Waals surface area contributed by atoms with E-state index in [1.807, 2.05) is 66.9 Å². The second kappa shape index (κ2) is 12.5. The summed E-state index contributed by atoms with van der Waals surface area (Å²) in [6.07, 6.45) is 1.92. The van der Waals surface area contributed by atoms with Crippen LogP contribution in [0.4, 0.5) is 4.79 Å². The Morgan fingerprint density at radius 1 is 1.06 bits per heavy atom. The predicted molar refractivity (Wildman–Crippen MR) is 132 cm³/mol. The molecule has 33 heavy (non-hydrogen) atoms. The lowest BCUT2D eigenvalue weighted by Gasteiger charge is -2.26. The van der Waals surface area contributed by atoms with E-state index in [9.17, 15) is 9.90 Å². The van der Waals surface area contributed by atoms with Gasteiger partial charge in [-0.15, -0.1) is 11.3 Å². The van der Waals surface area contributed by atoms with E-state index in [0.29, 0.717) is 25.2 Å². The average Bonchev–Trinajstić information content (AvgIpc) is 3.28. The molecule has 7 heteroatoms. The zero-order valence-electron chi connectivity index (χ0n) is 19.2. The van der Waals surface area contributed by atoms with Crippen molar-refractivity contribution in [1.82, 2.24) is 10.3 Å². The molecule has 3 atom stereocenters. The molecular weight excluding hydrogens is 434 g/mol. The van der Waals surface area contributed by atoms with Crippen molar-refractivity contribution in [2.24, 2.45) is 5.73 Å². The number of rotatable bonds is 11. The monoisotopic (exact) mass is 467 g/mol. The molecule has 4 N–H and O–H groups in total. The number of alkyl carbamates (subject to hydrolysis) is 1. The minimum atomic E-state index is -0.816. The highest BCUT2D eigenvalue weighted by atomic mass is 32.1. The van der Waals surface area contributed by atoms with Crippen molar-refractivity contribution in [2.75, 3.05) is 0 Å². The number of carbonyl (C=O) groups excluding carboxylic acids is 1. The average molecular weight is 468 g/mol. The fourth-order valence-electron chi connectivity index (χ4n) is 3.60. The number of carbonyl (C=O) groups is 1. The second-order valence-electron chi connectivity index (χ2n) is 8.58. The van der Waals surface area contributed by atoms with Crippen LogP contribution in [0.1, 0.15) is 47.2 Å². The zero-order valence-corrected chi connectivity index (χ0v) is 20.0. The Hall–Kier alpha value is -2.74. The Morgan fingerprint density at radius 3 is 2.24 bits per heavy atom. The molecule has 6 nitrogen and oxygen atoms in total. The van der Waals surface area contributed by atoms with Crippen molar-refractivity contribution in [1.29, 1.82) is 0 Å². The molecule has 2 aromatic carbocycles. The molecule has 3 aromatic rings. The Kier molecular flexibility index (Phi) is 9.42. The van der Waals surface area contributed by atoms with Gasteiger partial charge in [-0.25, -0.2) is 9.78 Å². The van der Waals surface area contributed by atoms with Gasteiger partial charge in [0, 0.05) is 17.1 Å². The minimum Gasteiger partial charge on any atom is -0.442 e. The van der Waals surface area contributed by atoms with Crippen LogP contribution in [0.5, 0.6) is 0 Å². The van der Waals surface area contributed by atoms with Gasteiger partial charge in [0.25, 0.3) is 0 Å². The van der Waals surface area contributed by atoms with Crippen LogP contribution in [0, 0.1) is 0 Å². The smallest absolute Gasteiger partial charge is 0.407 e. The van der Waals surface area contributed by atoms with E-state index < -0.39 is 18.2 Å². The largest absolute Gasteiger partial charge is 0.442 e. The van der Waals surface area contributed by atoms with E-state index in [-0.39, 0.29) is 12.6 Å². The maximum atomic E-state index is 12.5. The van der Waals surface area contributed by atoms with E-state index in [1.165, 1.54) is 11.3 Å². The van der Waals surface area contributed by atoms with Crippen molar-refractivity contribution in [3.05, 3.63) is 87.9 Å². The first-order valence-electron chi connectivity index (χ1n) is 11.3. The molecule has 0 aliphatic heterocycles. The Balaban J connectivity index is 1.59. The maximum Gasteiger partial charge on any atom is 0.407 e. The number of ether oxygens (including phenoxy) is 1. The fraction of sp³-hybridized carbons (Fsp3) is 0.385. The van der Waals surface area contributed by atoms with Crippen molar-refractivity contribution in [2.45, 2.75) is 63.8 Å². The van der Waals surface area contributed by atoms with Gasteiger partial charge in [-0.05, 0) is 36.3 Å². The van der Waals surface area contributed by atoms with Crippen LogP contribution in [-0.2, 0) is 24.2 Å². The highest BCUT2D eigenvalue weighted by Crippen LogP contribution is 2.22. The molecule has 0 spiro atoms. The third-order valence-corrected chi connectivity index (χ3v) is 6.69. The number of nitrogens with zero attached hydrogens (tertiary/aromatic N) is 1. The molecule has 0 saturated carbocycles. The summed E-state index contributed by atoms with van der Waals surface area (Å²) in [7, 11) is 0. The lowest BCUT2D eigenvalue weighted by Crippen LogP contribution is -2.47. The number of aliphatic hydroxyl groups is 1. The molecular formula is C26H33N3O3S. The van der Waals surface area contributed by atoms with Crippen molar-refractivity contribution in [3.63, 3.8) is 0 Å². The number of hydrogen-bond donors (Lipinski definition) is 3. The topological polar surface area (TPSA) is 97.5 Å². The molecule has 1 aromatic heterocycles. The molecule has 0 fully saturated rings. The number of aromatic nitrogens is 1. The van der Waals surface area contributed by atoms with E-state index in [4.69, 9.17) is 10.5 Å². The standard InChI is InChI=1S/C26H33N3O3S/c1-18(2)24-16-28-25(33-24)17-32-26(31)29-22(14-20-11-7-4-8-12-20)23(30)15-21(27)13-19-9-5-3-6-10-19/h3-12,16,18,21-23,30H,13-15,17,27H2,1-2H3,(H,29,31)/t21-,22-,23-/m0/s1. The molecule has 0 aliphatic rings. The molecule has 3 rings (SSSR count). The summed E-state index contributed by atoms with van der Waals surface area (Å²) in [6, 6.07) is 18.9. The van der Waals surface area contributed by atoms with E-state index in [0.717, 1.165) is 21.0 Å². The van der Waals surface area contributed by atoms with Crippen molar-refractivity contribution in [3.8, 4) is 0 Å². The van der Waals surface area contributed by atoms with Gasteiger partial charge in [0.2, 0.25) is 0 Å². The molecule has 1 amide bonds. The fourth-order valence-corrected chi connectivity index (χ4v) is 4.44. The van der Waals surface area contributed by atoms with Gasteiger partial charge in [-0.1, -0.05) is 74.5 Å². The van der Waals surface area contributed by atoms with Gasteiger partial charge in [0.15, 0.2) is 0 Å². The third-order valence-electron chi connectivity index (χ3n) is 5.42. The molecule has 0 radical (unpaired) electrons. The number of thiazole rings is 1. The molecule has 0 unspecified atom stereocenters. The van der Waals surface area contributed by atoms with Gasteiger partial charge in [0.1, 0.15) is 11.6 Å². The van der Waals surface area contributed by atoms with Gasteiger partial charge in [-0.3, -0.25) is 0 Å². The summed E-state index contributed by atoms with van der Waals surface area (Å²) in [6.45, 7) is 4.30. The third kappa shape index (κ3) is 8.28. The summed E-state index contributed by atoms with van der Waals surface area (Å²) in [5.74, 6) is 0.385. The quantitative estimate of drug-likeness (QED) is 0.388. The zero-order chi connectivity index (χ0) is 23.6. The molecule has 0 bridgehead atoms. The number of benzene rings is 2. The van der Waals surface area contributed by atoms with Crippen LogP contribution in [0.25, 0.3) is 0 Å². The lowest BCUT2D eigenvalue weighted by atomic mass is 9.94. The summed E-state index contributed by atoms with van der Waals surface area (Å²) >= 11 is 1.54. The maximum absolute atomic E-state index is 12.5. The first kappa shape index (κ1) is 24.9. The van der Waals surface area contributed by atoms with Crippen molar-refractivity contribution >= 4 is 17.4 Å². The summed E-state index contributed by atoms with van der Waals surface area (Å²) in [5.41, 5.74) is 8.45. The van der Waals surface area contributed by atoms with Crippen molar-refractivity contribution < 1.29 is 14.6 Å². The van der Waals surface area contributed by atoms with E-state index in [1.54, 1.807) is 0 Å². The number of nitrogens with two attached hydrogens (primary N) is 1. The van der Waals surface area contributed by atoms with E-state index in [2.05, 4.69) is 24.1 Å². The van der Waals surface area contributed by atoms with Crippen LogP contribution >= 0.6 is 11.3 Å². The second-order valence-corrected chi connectivity index (χ2v) is 9.73. The van der Waals surface area contributed by atoms with Gasteiger partial charge in [0.05, 0.1) is 12.1 Å². The summed E-state index contributed by atoms with van der Waals surface area (Å²) < 4.78 is 5.40. The number of aliphatic hydroxyl groups excluding tert-OH is 1. The minimum absolute atomic E-state index is 0.102. The molecule has 0 aliphatic carbocycles. The van der Waals surface area contributed by atoms with Crippen LogP contribution in [0.15, 0.2) is 66.9 Å². The lowest BCUT2D eigenvalue weighted by molar-refractivity contribution is 0.0921. The SMILES string of the molecule is CC(C)c1cnc(COC(=O)N[C@@H](Cc2ccccc2)[C@@H](O)C[C@@H](N)Cc2ccccc2)s1. The molecule has 176 valence electrons. The van der Waals surface area contributed by atoms with Crippen LogP contribution < -0.4 is 11.1 Å². The van der Waals surface area contributed by atoms with E-state index >= 15 is 0 Å². The van der Waals surface area contributed by atoms with Gasteiger partial charge in [-0.2, -0.15) is 0 Å². The Bertz CT molecular complexity index is 979. The van der Waals surface area contributed by atoms with Gasteiger partial charge >= 0.3 is 6.09 Å². The highest BCUT2D eigenvalue weighted by Gasteiger charge is 2.25. The molecule has 0 saturated heterocycles. The van der Waals surface area contributed by atoms with Crippen LogP contribution in [-0.4, -0.2) is 34.4 Å². The first-order valence-corrected chi connectivity index (χ1v) is 12.1. The number of nitrogens with one attached hydrogen (secondary N) is 1. The predicted octanol–water partition coefficient (Wildman–Crippen LogP) is 4.43. The Labute approximate surface area is 199 Å².